The van der Waals surface area contributed by atoms with Gasteiger partial charge in [0.05, 0.1) is 18.3 Å². The van der Waals surface area contributed by atoms with Gasteiger partial charge in [-0.2, -0.15) is 11.8 Å². The first-order chi connectivity index (χ1) is 13.1. The summed E-state index contributed by atoms with van der Waals surface area (Å²) in [5.41, 5.74) is 0. The molecule has 0 radical (unpaired) electrons. The second-order valence-corrected chi connectivity index (χ2v) is 9.41. The third-order valence-electron chi connectivity index (χ3n) is 6.45. The van der Waals surface area contributed by atoms with E-state index in [0.717, 1.165) is 43.6 Å². The maximum absolute atomic E-state index is 10.5. The van der Waals surface area contributed by atoms with Gasteiger partial charge in [0.1, 0.15) is 0 Å². The van der Waals surface area contributed by atoms with Gasteiger partial charge in [0.25, 0.3) is 0 Å². The Morgan fingerprint density at radius 2 is 1.93 bits per heavy atom. The minimum atomic E-state index is -0.875. The Kier molecular flexibility index (Phi) is 8.28. The van der Waals surface area contributed by atoms with Crippen LogP contribution in [0.3, 0.4) is 0 Å². The van der Waals surface area contributed by atoms with E-state index in [9.17, 15) is 9.90 Å². The number of carboxylic acid groups (broad SMARTS) is 1. The molecule has 3 fully saturated rings. The van der Waals surface area contributed by atoms with E-state index in [1.807, 2.05) is 0 Å². The van der Waals surface area contributed by atoms with Gasteiger partial charge in [-0.25, -0.2) is 4.79 Å². The van der Waals surface area contributed by atoms with Crippen molar-refractivity contribution in [2.75, 3.05) is 11.5 Å². The lowest BCUT2D eigenvalue weighted by Crippen LogP contribution is -2.27. The van der Waals surface area contributed by atoms with E-state index >= 15 is 0 Å². The van der Waals surface area contributed by atoms with Gasteiger partial charge in [0.2, 0.25) is 0 Å². The normalized spacial score (nSPS) is 32.6. The van der Waals surface area contributed by atoms with Crippen molar-refractivity contribution >= 4 is 17.7 Å². The summed E-state index contributed by atoms with van der Waals surface area (Å²) in [5, 5.41) is 19.1. The smallest absolute Gasteiger partial charge is 0.328 e. The highest BCUT2D eigenvalue weighted by Crippen LogP contribution is 2.46. The Hall–Kier alpha value is -0.780. The number of aliphatic hydroxyl groups is 1. The molecule has 27 heavy (non-hydrogen) atoms. The summed E-state index contributed by atoms with van der Waals surface area (Å²) >= 11 is 1.79. The number of hydrogen-bond acceptors (Lipinski definition) is 4. The van der Waals surface area contributed by atoms with E-state index in [2.05, 4.69) is 12.2 Å². The summed E-state index contributed by atoms with van der Waals surface area (Å²) in [6.07, 6.45) is 18.5. The van der Waals surface area contributed by atoms with Crippen LogP contribution in [0.5, 0.6) is 0 Å². The molecular weight excluding hydrogens is 360 g/mol. The number of carboxylic acids is 1. The lowest BCUT2D eigenvalue weighted by molar-refractivity contribution is -0.131. The summed E-state index contributed by atoms with van der Waals surface area (Å²) in [4.78, 5) is 10.4. The second-order valence-electron chi connectivity index (χ2n) is 8.26. The molecule has 2 N–H and O–H groups in total. The van der Waals surface area contributed by atoms with Crippen molar-refractivity contribution in [3.05, 3.63) is 24.3 Å². The molecule has 5 heteroatoms. The van der Waals surface area contributed by atoms with Crippen LogP contribution in [0, 0.1) is 17.8 Å². The van der Waals surface area contributed by atoms with Crippen LogP contribution in [0.25, 0.3) is 0 Å². The quantitative estimate of drug-likeness (QED) is 0.326. The first kappa shape index (κ1) is 20.9. The number of aliphatic carboxylic acids is 1. The van der Waals surface area contributed by atoms with E-state index in [4.69, 9.17) is 9.84 Å². The molecule has 0 aromatic heterocycles. The largest absolute Gasteiger partial charge is 0.478 e. The second kappa shape index (κ2) is 10.7. The highest BCUT2D eigenvalue weighted by Gasteiger charge is 2.47. The molecule has 1 aliphatic carbocycles. The molecule has 2 aliphatic heterocycles. The molecule has 1 saturated carbocycles. The summed E-state index contributed by atoms with van der Waals surface area (Å²) < 4.78 is 6.18. The van der Waals surface area contributed by atoms with Crippen molar-refractivity contribution in [2.45, 2.75) is 76.1 Å². The summed E-state index contributed by atoms with van der Waals surface area (Å²) in [6.45, 7) is 0. The number of fused-ring (bicyclic) bond motifs is 2. The van der Waals surface area contributed by atoms with Crippen LogP contribution < -0.4 is 0 Å². The number of carbonyl (C=O) groups is 1. The van der Waals surface area contributed by atoms with Crippen LogP contribution in [0.15, 0.2) is 24.3 Å². The van der Waals surface area contributed by atoms with Gasteiger partial charge in [-0.05, 0) is 56.1 Å². The lowest BCUT2D eigenvalue weighted by atomic mass is 9.76. The zero-order valence-corrected chi connectivity index (χ0v) is 17.0. The van der Waals surface area contributed by atoms with Crippen LogP contribution in [-0.4, -0.2) is 46.0 Å². The molecule has 4 nitrogen and oxygen atoms in total. The molecule has 2 bridgehead atoms. The van der Waals surface area contributed by atoms with Crippen molar-refractivity contribution in [1.82, 2.24) is 0 Å². The molecule has 3 aliphatic rings. The van der Waals surface area contributed by atoms with Crippen molar-refractivity contribution in [3.8, 4) is 0 Å². The van der Waals surface area contributed by atoms with Gasteiger partial charge >= 0.3 is 5.97 Å². The first-order valence-corrected chi connectivity index (χ1v) is 11.8. The first-order valence-electron chi connectivity index (χ1n) is 10.6. The molecule has 0 aromatic rings. The van der Waals surface area contributed by atoms with Gasteiger partial charge in [-0.15, -0.1) is 0 Å². The summed E-state index contributed by atoms with van der Waals surface area (Å²) in [6, 6.07) is 0. The molecule has 152 valence electrons. The lowest BCUT2D eigenvalue weighted by Gasteiger charge is -2.27. The standard InChI is InChI=1S/C22H34O4S/c23-19(16-6-2-1-3-7-16)11-10-18-17(20-12-13-21(18)26-20)8-4-14-27-15-5-9-22(24)25/h5,9-11,16-21,23H,1-4,6-8,12-15H2,(H,24,25)/b9-5?,11-10+/t17-,18+,19?,20-,21+/m1/s1. The SMILES string of the molecule is O=C(O)C=CCSCCC[C@@H]1[C@H](/C=C/C(O)C2CCCCC2)[C@@H]2CC[C@H]1O2. The van der Waals surface area contributed by atoms with E-state index in [0.29, 0.717) is 30.0 Å². The number of hydrogen-bond donors (Lipinski definition) is 2. The Balaban J connectivity index is 1.43. The maximum atomic E-state index is 10.5. The molecule has 2 saturated heterocycles. The van der Waals surface area contributed by atoms with Crippen LogP contribution in [0.1, 0.15) is 57.8 Å². The molecule has 0 amide bonds. The maximum Gasteiger partial charge on any atom is 0.328 e. The Morgan fingerprint density at radius 3 is 2.70 bits per heavy atom. The molecule has 1 unspecified atom stereocenters. The minimum Gasteiger partial charge on any atom is -0.478 e. The monoisotopic (exact) mass is 394 g/mol. The molecular formula is C22H34O4S. The van der Waals surface area contributed by atoms with E-state index < -0.39 is 5.97 Å². The predicted octanol–water partition coefficient (Wildman–Crippen LogP) is 4.43. The van der Waals surface area contributed by atoms with Crippen LogP contribution in [0.2, 0.25) is 0 Å². The zero-order valence-electron chi connectivity index (χ0n) is 16.2. The summed E-state index contributed by atoms with van der Waals surface area (Å²) in [7, 11) is 0. The Labute approximate surface area is 167 Å². The number of aliphatic hydroxyl groups excluding tert-OH is 1. The van der Waals surface area contributed by atoms with E-state index in [1.165, 1.54) is 31.8 Å². The molecule has 0 spiro atoms. The van der Waals surface area contributed by atoms with Gasteiger partial charge in [0, 0.05) is 17.7 Å². The summed E-state index contributed by atoms with van der Waals surface area (Å²) in [5.74, 6) is 2.42. The predicted molar refractivity (Wildman–Crippen MR) is 110 cm³/mol. The van der Waals surface area contributed by atoms with Crippen LogP contribution >= 0.6 is 11.8 Å². The topological polar surface area (TPSA) is 66.8 Å². The fraction of sp³-hybridized carbons (Fsp3) is 0.773. The van der Waals surface area contributed by atoms with Gasteiger partial charge in [-0.1, -0.05) is 37.5 Å². The average Bonchev–Trinajstić information content (AvgIpc) is 3.27. The van der Waals surface area contributed by atoms with Gasteiger partial charge in [0.15, 0.2) is 0 Å². The van der Waals surface area contributed by atoms with E-state index in [-0.39, 0.29) is 6.10 Å². The number of thioether (sulfide) groups is 1. The van der Waals surface area contributed by atoms with Gasteiger partial charge < -0.3 is 14.9 Å². The van der Waals surface area contributed by atoms with Crippen LogP contribution in [-0.2, 0) is 9.53 Å². The zero-order chi connectivity index (χ0) is 19.1. The third-order valence-corrected chi connectivity index (χ3v) is 7.46. The fourth-order valence-corrected chi connectivity index (χ4v) is 5.82. The molecule has 3 rings (SSSR count). The van der Waals surface area contributed by atoms with Crippen molar-refractivity contribution in [1.29, 1.82) is 0 Å². The Bertz CT molecular complexity index is 526. The van der Waals surface area contributed by atoms with Crippen LogP contribution in [0.4, 0.5) is 0 Å². The number of rotatable bonds is 10. The third kappa shape index (κ3) is 6.10. The highest BCUT2D eigenvalue weighted by molar-refractivity contribution is 7.99. The van der Waals surface area contributed by atoms with Crippen molar-refractivity contribution in [3.63, 3.8) is 0 Å². The molecule has 0 aromatic carbocycles. The molecule has 2 heterocycles. The average molecular weight is 395 g/mol. The minimum absolute atomic E-state index is 0.290. The van der Waals surface area contributed by atoms with Crippen molar-refractivity contribution < 1.29 is 19.7 Å². The van der Waals surface area contributed by atoms with Gasteiger partial charge in [-0.3, -0.25) is 0 Å². The highest BCUT2D eigenvalue weighted by atomic mass is 32.2. The van der Waals surface area contributed by atoms with Crippen molar-refractivity contribution in [2.24, 2.45) is 17.8 Å². The number of ether oxygens (including phenoxy) is 1. The molecule has 5 atom stereocenters. The fourth-order valence-electron chi connectivity index (χ4n) is 5.05. The Morgan fingerprint density at radius 1 is 1.15 bits per heavy atom. The van der Waals surface area contributed by atoms with E-state index in [1.54, 1.807) is 17.8 Å².